The summed E-state index contributed by atoms with van der Waals surface area (Å²) in [5.41, 5.74) is 3.49. The first-order chi connectivity index (χ1) is 18.8. The number of rotatable bonds is 2. The Balaban J connectivity index is 1.07. The highest BCUT2D eigenvalue weighted by Gasteiger charge is 2.68. The predicted octanol–water partition coefficient (Wildman–Crippen LogP) is 7.87. The molecule has 0 unspecified atom stereocenters. The average Bonchev–Trinajstić information content (AvgIpc) is 3.55. The Morgan fingerprint density at radius 3 is 2.77 bits per heavy atom. The molecule has 0 aromatic carbocycles. The van der Waals surface area contributed by atoms with Gasteiger partial charge in [0.2, 0.25) is 0 Å². The lowest BCUT2D eigenvalue weighted by Crippen LogP contribution is -2.51. The molecule has 2 saturated heterocycles. The van der Waals surface area contributed by atoms with E-state index in [-0.39, 0.29) is 11.2 Å². The van der Waals surface area contributed by atoms with Crippen molar-refractivity contribution in [3.8, 4) is 0 Å². The van der Waals surface area contributed by atoms with Gasteiger partial charge < -0.3 is 14.8 Å². The topological polar surface area (TPSA) is 56.3 Å². The van der Waals surface area contributed by atoms with Gasteiger partial charge in [-0.25, -0.2) is 9.97 Å². The highest BCUT2D eigenvalue weighted by molar-refractivity contribution is 7.16. The molecule has 1 spiro atoms. The summed E-state index contributed by atoms with van der Waals surface area (Å²) < 4.78 is 13.5. The number of pyridine rings is 1. The number of allylic oxidation sites excluding steroid dienone is 2. The zero-order chi connectivity index (χ0) is 26.6. The zero-order valence-electron chi connectivity index (χ0n) is 23.9. The first-order valence-corrected chi connectivity index (χ1v) is 16.3. The van der Waals surface area contributed by atoms with E-state index in [4.69, 9.17) is 14.5 Å². The number of nitrogens with zero attached hydrogens (tertiary/aromatic N) is 2. The third-order valence-electron chi connectivity index (χ3n) is 12.5. The minimum Gasteiger partial charge on any atom is -0.349 e. The first kappa shape index (κ1) is 25.0. The molecule has 39 heavy (non-hydrogen) atoms. The third kappa shape index (κ3) is 3.50. The summed E-state index contributed by atoms with van der Waals surface area (Å²) in [6, 6.07) is 5.98. The van der Waals surface area contributed by atoms with Crippen LogP contribution in [0.5, 0.6) is 0 Å². The van der Waals surface area contributed by atoms with Crippen LogP contribution in [0.1, 0.15) is 83.2 Å². The van der Waals surface area contributed by atoms with Gasteiger partial charge in [0, 0.05) is 18.5 Å². The molecular weight excluding hydrogens is 502 g/mol. The van der Waals surface area contributed by atoms with Crippen LogP contribution in [0.2, 0.25) is 0 Å². The summed E-state index contributed by atoms with van der Waals surface area (Å²) in [6.45, 7) is 10.9. The Morgan fingerprint density at radius 2 is 1.97 bits per heavy atom. The number of aromatic nitrogens is 2. The van der Waals surface area contributed by atoms with E-state index in [1.54, 1.807) is 5.57 Å². The van der Waals surface area contributed by atoms with Crippen molar-refractivity contribution in [3.05, 3.63) is 41.0 Å². The molecule has 4 aliphatic carbocycles. The second-order valence-electron chi connectivity index (χ2n) is 14.3. The Kier molecular flexibility index (Phi) is 5.53. The molecule has 0 amide bonds. The van der Waals surface area contributed by atoms with Crippen molar-refractivity contribution < 1.29 is 9.47 Å². The molecule has 5 nitrogen and oxygen atoms in total. The summed E-state index contributed by atoms with van der Waals surface area (Å²) in [4.78, 5) is 10.9. The molecule has 2 aromatic rings. The third-order valence-corrected chi connectivity index (χ3v) is 13.5. The molecule has 2 saturated carbocycles. The maximum Gasteiger partial charge on any atom is 0.189 e. The SMILES string of the molecule is C[C@@H]1CC[C@@]2(OC1)O[C@H]1C[C@H]3[C@@H]4CC=C5c6sc(Nc7ccccn7)nc6CC[C@]5(C)[C@H]4CC[C@]3(C)[C@H]1[C@@H]2C. The normalized spacial score (nSPS) is 46.1. The fourth-order valence-corrected chi connectivity index (χ4v) is 11.7. The van der Waals surface area contributed by atoms with E-state index >= 15 is 0 Å². The summed E-state index contributed by atoms with van der Waals surface area (Å²) in [7, 11) is 0. The molecule has 2 aliphatic heterocycles. The fourth-order valence-electron chi connectivity index (χ4n) is 10.5. The van der Waals surface area contributed by atoms with Gasteiger partial charge in [0.15, 0.2) is 10.9 Å². The summed E-state index contributed by atoms with van der Waals surface area (Å²) in [5.74, 6) is 4.62. The van der Waals surface area contributed by atoms with E-state index < -0.39 is 0 Å². The van der Waals surface area contributed by atoms with Crippen molar-refractivity contribution in [2.24, 2.45) is 46.3 Å². The second-order valence-corrected chi connectivity index (χ2v) is 15.3. The van der Waals surface area contributed by atoms with Gasteiger partial charge in [-0.3, -0.25) is 0 Å². The van der Waals surface area contributed by atoms with Gasteiger partial charge in [0.1, 0.15) is 5.82 Å². The van der Waals surface area contributed by atoms with Crippen molar-refractivity contribution in [2.75, 3.05) is 11.9 Å². The Morgan fingerprint density at radius 1 is 1.08 bits per heavy atom. The molecular formula is C33H43N3O2S. The number of anilines is 2. The molecule has 6 heteroatoms. The van der Waals surface area contributed by atoms with Crippen LogP contribution >= 0.6 is 11.3 Å². The lowest BCUT2D eigenvalue weighted by Gasteiger charge is -2.57. The standard InChI is InChI=1S/C33H43N3O2S/c1-19-10-15-33(37-18-19)20(2)28-26(38-33)17-24-21-8-9-23-29-25(35-30(39-29)36-27-7-5-6-16-34-27)12-14-31(23,3)22(21)11-13-32(24,28)4/h5-7,9,16,19-22,24,26,28H,8,10-15,17-18H2,1-4H3,(H,34,35,36)/t19-,20+,21-,22+,24+,26+,28+,31-,32+,33-/m1/s1. The van der Waals surface area contributed by atoms with Crippen molar-refractivity contribution >= 4 is 27.9 Å². The summed E-state index contributed by atoms with van der Waals surface area (Å²) in [5, 5.41) is 4.44. The lowest BCUT2D eigenvalue weighted by atomic mass is 9.47. The van der Waals surface area contributed by atoms with Gasteiger partial charge in [-0.15, -0.1) is 0 Å². The van der Waals surface area contributed by atoms with Crippen LogP contribution in [0.3, 0.4) is 0 Å². The van der Waals surface area contributed by atoms with Crippen LogP contribution in [-0.2, 0) is 15.9 Å². The largest absolute Gasteiger partial charge is 0.349 e. The number of hydrogen-bond donors (Lipinski definition) is 1. The van der Waals surface area contributed by atoms with Gasteiger partial charge >= 0.3 is 0 Å². The van der Waals surface area contributed by atoms with Crippen LogP contribution in [-0.4, -0.2) is 28.5 Å². The van der Waals surface area contributed by atoms with Crippen molar-refractivity contribution in [3.63, 3.8) is 0 Å². The quantitative estimate of drug-likeness (QED) is 0.416. The molecule has 0 radical (unpaired) electrons. The van der Waals surface area contributed by atoms with E-state index in [1.807, 2.05) is 35.7 Å². The van der Waals surface area contributed by atoms with E-state index in [0.717, 1.165) is 48.2 Å². The molecule has 10 atom stereocenters. The minimum atomic E-state index is -0.314. The number of fused-ring (bicyclic) bond motifs is 9. The van der Waals surface area contributed by atoms with Crippen LogP contribution < -0.4 is 5.32 Å². The molecule has 208 valence electrons. The van der Waals surface area contributed by atoms with Gasteiger partial charge in [0.25, 0.3) is 0 Å². The van der Waals surface area contributed by atoms with Crippen molar-refractivity contribution in [1.29, 1.82) is 0 Å². The van der Waals surface area contributed by atoms with Crippen molar-refractivity contribution in [1.82, 2.24) is 9.97 Å². The number of ether oxygens (including phenoxy) is 2. The lowest BCUT2D eigenvalue weighted by molar-refractivity contribution is -0.272. The zero-order valence-corrected chi connectivity index (χ0v) is 24.7. The fraction of sp³-hybridized carbons (Fsp3) is 0.697. The maximum absolute atomic E-state index is 6.98. The highest BCUT2D eigenvalue weighted by atomic mass is 32.1. The predicted molar refractivity (Wildman–Crippen MR) is 156 cm³/mol. The average molecular weight is 546 g/mol. The van der Waals surface area contributed by atoms with Crippen LogP contribution in [0.4, 0.5) is 10.9 Å². The maximum atomic E-state index is 6.98. The van der Waals surface area contributed by atoms with E-state index in [2.05, 4.69) is 44.1 Å². The molecule has 0 bridgehead atoms. The molecule has 8 rings (SSSR count). The van der Waals surface area contributed by atoms with Gasteiger partial charge in [-0.05, 0) is 103 Å². The van der Waals surface area contributed by atoms with Gasteiger partial charge in [0.05, 0.1) is 23.3 Å². The number of aryl methyl sites for hydroxylation is 1. The highest BCUT2D eigenvalue weighted by Crippen LogP contribution is 2.71. The van der Waals surface area contributed by atoms with E-state index in [0.29, 0.717) is 29.3 Å². The monoisotopic (exact) mass is 545 g/mol. The Hall–Kier alpha value is -1.76. The number of thiazole rings is 1. The first-order valence-electron chi connectivity index (χ1n) is 15.5. The Bertz CT molecular complexity index is 1300. The molecule has 4 heterocycles. The van der Waals surface area contributed by atoms with Crippen LogP contribution in [0.15, 0.2) is 30.5 Å². The Labute approximate surface area is 237 Å². The summed E-state index contributed by atoms with van der Waals surface area (Å²) >= 11 is 1.83. The molecule has 1 N–H and O–H groups in total. The van der Waals surface area contributed by atoms with Crippen molar-refractivity contribution in [2.45, 2.75) is 91.0 Å². The molecule has 4 fully saturated rings. The van der Waals surface area contributed by atoms with Crippen LogP contribution in [0.25, 0.3) is 5.57 Å². The van der Waals surface area contributed by atoms with Gasteiger partial charge in [-0.1, -0.05) is 51.2 Å². The van der Waals surface area contributed by atoms with Gasteiger partial charge in [-0.2, -0.15) is 0 Å². The summed E-state index contributed by atoms with van der Waals surface area (Å²) in [6.07, 6.45) is 14.6. The minimum absolute atomic E-state index is 0.250. The van der Waals surface area contributed by atoms with Crippen LogP contribution in [0, 0.1) is 46.3 Å². The molecule has 6 aliphatic rings. The van der Waals surface area contributed by atoms with E-state index in [9.17, 15) is 0 Å². The van der Waals surface area contributed by atoms with E-state index in [1.165, 1.54) is 49.1 Å². The number of nitrogens with one attached hydrogen (secondary N) is 1. The number of hydrogen-bond acceptors (Lipinski definition) is 6. The molecule has 2 aromatic heterocycles. The second kappa shape index (κ2) is 8.62. The smallest absolute Gasteiger partial charge is 0.189 e.